The quantitative estimate of drug-likeness (QED) is 0.518. The molecule has 0 amide bonds. The lowest BCUT2D eigenvalue weighted by Crippen LogP contribution is -2.32. The molecular weight excluding hydrogens is 268 g/mol. The number of ether oxygens (including phenoxy) is 3. The fraction of sp³-hybridized carbons (Fsp3) is 0.471. The number of hydrogen-bond donors (Lipinski definition) is 0. The summed E-state index contributed by atoms with van der Waals surface area (Å²) in [5.74, 6) is 6.58. The van der Waals surface area contributed by atoms with E-state index in [0.717, 1.165) is 17.6 Å². The summed E-state index contributed by atoms with van der Waals surface area (Å²) in [6.45, 7) is 2.14. The monoisotopic (exact) mass is 290 g/mol. The summed E-state index contributed by atoms with van der Waals surface area (Å²) in [7, 11) is 3.20. The van der Waals surface area contributed by atoms with Crippen LogP contribution in [0.1, 0.15) is 25.3 Å². The summed E-state index contributed by atoms with van der Waals surface area (Å²) < 4.78 is 16.1. The van der Waals surface area contributed by atoms with Crippen molar-refractivity contribution >= 4 is 6.29 Å². The van der Waals surface area contributed by atoms with E-state index < -0.39 is 6.10 Å². The zero-order chi connectivity index (χ0) is 15.5. The number of carbonyl (C=O) groups excluding carboxylic acids is 1. The molecule has 0 heterocycles. The molecule has 2 atom stereocenters. The second-order valence-corrected chi connectivity index (χ2v) is 4.50. The molecule has 0 spiro atoms. The molecule has 114 valence electrons. The minimum absolute atomic E-state index is 0.276. The predicted octanol–water partition coefficient (Wildman–Crippen LogP) is 2.60. The van der Waals surface area contributed by atoms with Crippen molar-refractivity contribution < 1.29 is 19.0 Å². The highest BCUT2D eigenvalue weighted by atomic mass is 16.5. The average molecular weight is 290 g/mol. The Labute approximate surface area is 126 Å². The molecule has 21 heavy (non-hydrogen) atoms. The summed E-state index contributed by atoms with van der Waals surface area (Å²) in [6, 6.07) is 7.54. The highest BCUT2D eigenvalue weighted by Crippen LogP contribution is 2.14. The Bertz CT molecular complexity index is 470. The van der Waals surface area contributed by atoms with E-state index in [1.165, 1.54) is 0 Å². The molecule has 0 aliphatic rings. The molecule has 4 heteroatoms. The van der Waals surface area contributed by atoms with Gasteiger partial charge in [-0.3, -0.25) is 0 Å². The molecule has 0 aromatic heterocycles. The maximum atomic E-state index is 11.2. The third-order valence-electron chi connectivity index (χ3n) is 3.14. The summed E-state index contributed by atoms with van der Waals surface area (Å²) in [5.41, 5.74) is 0.978. The summed E-state index contributed by atoms with van der Waals surface area (Å²) in [4.78, 5) is 11.2. The van der Waals surface area contributed by atoms with Crippen molar-refractivity contribution in [2.24, 2.45) is 0 Å². The Hall–Kier alpha value is -1.83. The maximum Gasteiger partial charge on any atom is 0.151 e. The number of rotatable bonds is 9. The molecule has 1 aromatic rings. The fourth-order valence-corrected chi connectivity index (χ4v) is 1.90. The fourth-order valence-electron chi connectivity index (χ4n) is 1.90. The summed E-state index contributed by atoms with van der Waals surface area (Å²) in [6.07, 6.45) is 1.28. The van der Waals surface area contributed by atoms with Gasteiger partial charge in [0.25, 0.3) is 0 Å². The van der Waals surface area contributed by atoms with Crippen molar-refractivity contribution in [1.29, 1.82) is 0 Å². The Morgan fingerprint density at radius 3 is 2.48 bits per heavy atom. The first-order valence-corrected chi connectivity index (χ1v) is 6.87. The van der Waals surface area contributed by atoms with Gasteiger partial charge >= 0.3 is 0 Å². The molecule has 0 aliphatic carbocycles. The molecule has 0 saturated carbocycles. The minimum Gasteiger partial charge on any atom is -0.497 e. The molecule has 1 aromatic carbocycles. The van der Waals surface area contributed by atoms with Crippen LogP contribution in [-0.4, -0.2) is 32.7 Å². The topological polar surface area (TPSA) is 44.8 Å². The number of hydrogen-bond acceptors (Lipinski definition) is 4. The lowest BCUT2D eigenvalue weighted by Gasteiger charge is -2.21. The van der Waals surface area contributed by atoms with Gasteiger partial charge in [-0.05, 0) is 31.0 Å². The van der Waals surface area contributed by atoms with Gasteiger partial charge in [-0.2, -0.15) is 0 Å². The Morgan fingerprint density at radius 2 is 1.95 bits per heavy atom. The average Bonchev–Trinajstić information content (AvgIpc) is 2.54. The Kier molecular flexibility index (Phi) is 8.18. The Morgan fingerprint density at radius 1 is 1.24 bits per heavy atom. The van der Waals surface area contributed by atoms with Crippen LogP contribution in [0.5, 0.6) is 5.75 Å². The molecule has 0 unspecified atom stereocenters. The second kappa shape index (κ2) is 9.98. The molecular formula is C17H22O4. The predicted molar refractivity (Wildman–Crippen MR) is 81.1 cm³/mol. The van der Waals surface area contributed by atoms with Crippen molar-refractivity contribution in [3.8, 4) is 17.6 Å². The lowest BCUT2D eigenvalue weighted by molar-refractivity contribution is -0.129. The number of benzene rings is 1. The van der Waals surface area contributed by atoms with E-state index in [1.54, 1.807) is 21.1 Å². The van der Waals surface area contributed by atoms with Crippen LogP contribution in [0.3, 0.4) is 0 Å². The van der Waals surface area contributed by atoms with Crippen molar-refractivity contribution in [3.63, 3.8) is 0 Å². The van der Waals surface area contributed by atoms with Gasteiger partial charge in [0.05, 0.1) is 19.8 Å². The van der Waals surface area contributed by atoms with E-state index in [2.05, 4.69) is 11.8 Å². The van der Waals surface area contributed by atoms with Crippen LogP contribution in [0, 0.1) is 11.8 Å². The SMILES string of the molecule is CC#CCC[C@H](OC)[C@@H](C=O)OCc1ccc(OC)cc1. The zero-order valence-electron chi connectivity index (χ0n) is 12.8. The molecule has 0 bridgehead atoms. The smallest absolute Gasteiger partial charge is 0.151 e. The van der Waals surface area contributed by atoms with E-state index in [0.29, 0.717) is 19.4 Å². The molecule has 0 aliphatic heterocycles. The van der Waals surface area contributed by atoms with Gasteiger partial charge in [0, 0.05) is 13.5 Å². The van der Waals surface area contributed by atoms with Gasteiger partial charge in [0.1, 0.15) is 11.9 Å². The van der Waals surface area contributed by atoms with Crippen LogP contribution < -0.4 is 4.74 Å². The van der Waals surface area contributed by atoms with Gasteiger partial charge in [0.2, 0.25) is 0 Å². The normalized spacial score (nSPS) is 12.9. The molecule has 0 radical (unpaired) electrons. The van der Waals surface area contributed by atoms with Gasteiger partial charge in [-0.15, -0.1) is 11.8 Å². The van der Waals surface area contributed by atoms with E-state index in [1.807, 2.05) is 24.3 Å². The van der Waals surface area contributed by atoms with Gasteiger partial charge in [-0.1, -0.05) is 12.1 Å². The van der Waals surface area contributed by atoms with Crippen molar-refractivity contribution in [3.05, 3.63) is 29.8 Å². The zero-order valence-corrected chi connectivity index (χ0v) is 12.8. The van der Waals surface area contributed by atoms with Gasteiger partial charge in [-0.25, -0.2) is 0 Å². The molecule has 0 saturated heterocycles. The van der Waals surface area contributed by atoms with Crippen LogP contribution >= 0.6 is 0 Å². The molecule has 0 fully saturated rings. The summed E-state index contributed by atoms with van der Waals surface area (Å²) >= 11 is 0. The second-order valence-electron chi connectivity index (χ2n) is 4.50. The highest BCUT2D eigenvalue weighted by Gasteiger charge is 2.21. The van der Waals surface area contributed by atoms with Gasteiger partial charge < -0.3 is 19.0 Å². The van der Waals surface area contributed by atoms with E-state index in [-0.39, 0.29) is 6.10 Å². The highest BCUT2D eigenvalue weighted by molar-refractivity contribution is 5.57. The lowest BCUT2D eigenvalue weighted by atomic mass is 10.1. The Balaban J connectivity index is 2.54. The first kappa shape index (κ1) is 17.2. The third kappa shape index (κ3) is 5.99. The number of carbonyl (C=O) groups is 1. The van der Waals surface area contributed by atoms with Crippen molar-refractivity contribution in [2.45, 2.75) is 38.6 Å². The van der Waals surface area contributed by atoms with Crippen LogP contribution in [-0.2, 0) is 20.9 Å². The standard InChI is InChI=1S/C17H22O4/c1-4-5-6-7-16(20-3)17(12-18)21-13-14-8-10-15(19-2)11-9-14/h8-12,16-17H,6-7,13H2,1-3H3/t16-,17+/m0/s1. The van der Waals surface area contributed by atoms with E-state index >= 15 is 0 Å². The first-order chi connectivity index (χ1) is 10.2. The molecule has 0 N–H and O–H groups in total. The van der Waals surface area contributed by atoms with Crippen LogP contribution in [0.2, 0.25) is 0 Å². The third-order valence-corrected chi connectivity index (χ3v) is 3.14. The van der Waals surface area contributed by atoms with Crippen molar-refractivity contribution in [2.75, 3.05) is 14.2 Å². The summed E-state index contributed by atoms with van der Waals surface area (Å²) in [5, 5.41) is 0. The molecule has 1 rings (SSSR count). The largest absolute Gasteiger partial charge is 0.497 e. The number of aldehydes is 1. The molecule has 4 nitrogen and oxygen atoms in total. The first-order valence-electron chi connectivity index (χ1n) is 6.87. The van der Waals surface area contributed by atoms with Crippen LogP contribution in [0.15, 0.2) is 24.3 Å². The minimum atomic E-state index is -0.587. The van der Waals surface area contributed by atoms with E-state index in [9.17, 15) is 4.79 Å². The van der Waals surface area contributed by atoms with Crippen molar-refractivity contribution in [1.82, 2.24) is 0 Å². The van der Waals surface area contributed by atoms with E-state index in [4.69, 9.17) is 14.2 Å². The van der Waals surface area contributed by atoms with Crippen LogP contribution in [0.4, 0.5) is 0 Å². The number of methoxy groups -OCH3 is 2. The maximum absolute atomic E-state index is 11.2. The van der Waals surface area contributed by atoms with Gasteiger partial charge in [0.15, 0.2) is 6.29 Å². The van der Waals surface area contributed by atoms with Crippen LogP contribution in [0.25, 0.3) is 0 Å².